The summed E-state index contributed by atoms with van der Waals surface area (Å²) >= 11 is 0. The molecule has 0 bridgehead atoms. The number of carbonyl (C=O) groups excluding carboxylic acids is 1. The molecule has 0 spiro atoms. The molecule has 1 fully saturated rings. The predicted molar refractivity (Wildman–Crippen MR) is 97.5 cm³/mol. The van der Waals surface area contributed by atoms with Gasteiger partial charge < -0.3 is 19.9 Å². The number of alkyl carbamates (subject to hydrolysis) is 1. The van der Waals surface area contributed by atoms with E-state index in [1.54, 1.807) is 0 Å². The van der Waals surface area contributed by atoms with Gasteiger partial charge in [-0.25, -0.2) is 4.79 Å². The van der Waals surface area contributed by atoms with Gasteiger partial charge in [0.25, 0.3) is 0 Å². The zero-order valence-corrected chi connectivity index (χ0v) is 14.4. The van der Waals surface area contributed by atoms with E-state index in [-0.39, 0.29) is 6.61 Å². The first kappa shape index (κ1) is 16.0. The van der Waals surface area contributed by atoms with Gasteiger partial charge in [-0.1, -0.05) is 18.1 Å². The summed E-state index contributed by atoms with van der Waals surface area (Å²) in [5.74, 6) is 3.21. The van der Waals surface area contributed by atoms with Crippen LogP contribution in [0, 0.1) is 18.3 Å². The number of amides is 1. The van der Waals surface area contributed by atoms with Crippen molar-refractivity contribution in [3.8, 4) is 12.3 Å². The molecule has 2 N–H and O–H groups in total. The largest absolute Gasteiger partial charge is 0.436 e. The van der Waals surface area contributed by atoms with E-state index in [0.717, 1.165) is 19.4 Å². The van der Waals surface area contributed by atoms with Gasteiger partial charge in [0.1, 0.15) is 0 Å². The second kappa shape index (κ2) is 6.45. The number of H-pyrrole nitrogens is 1. The summed E-state index contributed by atoms with van der Waals surface area (Å²) in [7, 11) is 2.19. The minimum Gasteiger partial charge on any atom is -0.436 e. The molecule has 0 saturated carbocycles. The highest BCUT2D eigenvalue weighted by Crippen LogP contribution is 2.44. The van der Waals surface area contributed by atoms with Gasteiger partial charge in [0.2, 0.25) is 0 Å². The first-order chi connectivity index (χ1) is 12.2. The maximum Gasteiger partial charge on any atom is 0.408 e. The number of ether oxygens (including phenoxy) is 1. The smallest absolute Gasteiger partial charge is 0.408 e. The van der Waals surface area contributed by atoms with Crippen molar-refractivity contribution in [2.75, 3.05) is 26.7 Å². The lowest BCUT2D eigenvalue weighted by atomic mass is 9.72. The van der Waals surface area contributed by atoms with Gasteiger partial charge in [-0.2, -0.15) is 0 Å². The molecule has 5 nitrogen and oxygen atoms in total. The molecule has 2 heterocycles. The third kappa shape index (κ3) is 2.87. The fraction of sp³-hybridized carbons (Fsp3) is 0.450. The summed E-state index contributed by atoms with van der Waals surface area (Å²) < 4.78 is 4.89. The van der Waals surface area contributed by atoms with E-state index in [1.807, 2.05) is 0 Å². The quantitative estimate of drug-likeness (QED) is 0.846. The maximum atomic E-state index is 11.6. The third-order valence-corrected chi connectivity index (χ3v) is 5.63. The molecule has 1 aliphatic heterocycles. The van der Waals surface area contributed by atoms with Crippen LogP contribution >= 0.6 is 0 Å². The van der Waals surface area contributed by atoms with E-state index in [2.05, 4.69) is 52.6 Å². The molecule has 5 heteroatoms. The van der Waals surface area contributed by atoms with Crippen LogP contribution < -0.4 is 5.32 Å². The Labute approximate surface area is 147 Å². The highest BCUT2D eigenvalue weighted by molar-refractivity contribution is 5.88. The van der Waals surface area contributed by atoms with E-state index in [9.17, 15) is 4.79 Å². The van der Waals surface area contributed by atoms with Crippen molar-refractivity contribution in [2.24, 2.45) is 5.92 Å². The lowest BCUT2D eigenvalue weighted by Gasteiger charge is -2.45. The Kier molecular flexibility index (Phi) is 4.14. The zero-order valence-electron chi connectivity index (χ0n) is 14.4. The molecule has 25 heavy (non-hydrogen) atoms. The Hall–Kier alpha value is -2.45. The lowest BCUT2D eigenvalue weighted by Crippen LogP contribution is -2.50. The molecule has 1 aromatic heterocycles. The molecule has 3 atom stereocenters. The number of nitrogens with zero attached hydrogens (tertiary/aromatic N) is 1. The molecule has 2 aliphatic rings. The normalized spacial score (nSPS) is 25.2. The number of fused-ring (bicyclic) bond motifs is 2. The standard InChI is InChI=1S/C20H23N3O2/c1-3-7-25-20(24)22-10-13-8-16-15-5-4-6-17-19(15)14(11-21-17)9-18(16)23(2)12-13/h1,4-6,11,13,16,18,21H,7-10,12H2,2H3,(H,22,24)/t13-,16?,18+/m0/s1. The molecular weight excluding hydrogens is 314 g/mol. The van der Waals surface area contributed by atoms with Crippen molar-refractivity contribution in [1.29, 1.82) is 0 Å². The number of hydrogen-bond donors (Lipinski definition) is 2. The first-order valence-electron chi connectivity index (χ1n) is 8.80. The van der Waals surface area contributed by atoms with Crippen molar-refractivity contribution in [1.82, 2.24) is 15.2 Å². The predicted octanol–water partition coefficient (Wildman–Crippen LogP) is 2.49. The number of terminal acetylenes is 1. The number of likely N-dealkylation sites (N-methyl/N-ethyl adjacent to an activating group) is 1. The van der Waals surface area contributed by atoms with Crippen LogP contribution in [0.15, 0.2) is 24.4 Å². The molecule has 1 aliphatic carbocycles. The Morgan fingerprint density at radius 3 is 3.24 bits per heavy atom. The molecule has 1 saturated heterocycles. The fourth-order valence-electron chi connectivity index (χ4n) is 4.59. The van der Waals surface area contributed by atoms with Crippen LogP contribution in [0.25, 0.3) is 10.9 Å². The van der Waals surface area contributed by atoms with Crippen LogP contribution in [-0.2, 0) is 11.2 Å². The van der Waals surface area contributed by atoms with E-state index < -0.39 is 6.09 Å². The van der Waals surface area contributed by atoms with E-state index >= 15 is 0 Å². The first-order valence-corrected chi connectivity index (χ1v) is 8.80. The minimum absolute atomic E-state index is 0.0133. The van der Waals surface area contributed by atoms with Crippen molar-refractivity contribution in [2.45, 2.75) is 24.8 Å². The summed E-state index contributed by atoms with van der Waals surface area (Å²) in [6.45, 7) is 1.61. The van der Waals surface area contributed by atoms with Gasteiger partial charge in [0.15, 0.2) is 6.61 Å². The number of likely N-dealkylation sites (tertiary alicyclic amines) is 1. The average molecular weight is 337 g/mol. The zero-order chi connectivity index (χ0) is 17.4. The second-order valence-electron chi connectivity index (χ2n) is 7.16. The molecule has 1 amide bonds. The molecule has 1 unspecified atom stereocenters. The van der Waals surface area contributed by atoms with Crippen molar-refractivity contribution in [3.05, 3.63) is 35.5 Å². The maximum absolute atomic E-state index is 11.6. The molecule has 2 aromatic rings. The van der Waals surface area contributed by atoms with E-state index in [4.69, 9.17) is 11.2 Å². The highest BCUT2D eigenvalue weighted by Gasteiger charge is 2.39. The molecule has 130 valence electrons. The van der Waals surface area contributed by atoms with Crippen molar-refractivity contribution >= 4 is 17.0 Å². The summed E-state index contributed by atoms with van der Waals surface area (Å²) in [6, 6.07) is 7.08. The Morgan fingerprint density at radius 1 is 1.52 bits per heavy atom. The van der Waals surface area contributed by atoms with Gasteiger partial charge >= 0.3 is 6.09 Å². The summed E-state index contributed by atoms with van der Waals surface area (Å²) in [6.07, 6.45) is 9.00. The van der Waals surface area contributed by atoms with Gasteiger partial charge in [0, 0.05) is 42.1 Å². The number of hydrogen-bond acceptors (Lipinski definition) is 3. The van der Waals surface area contributed by atoms with E-state index in [0.29, 0.717) is 24.4 Å². The van der Waals surface area contributed by atoms with Crippen LogP contribution in [-0.4, -0.2) is 48.8 Å². The van der Waals surface area contributed by atoms with Gasteiger partial charge in [-0.15, -0.1) is 6.42 Å². The molecule has 0 radical (unpaired) electrons. The van der Waals surface area contributed by atoms with Crippen LogP contribution in [0.1, 0.15) is 23.5 Å². The SMILES string of the molecule is C#CCOC(=O)NC[C@@H]1CC2c3cccc4[nH]cc(c34)C[C@H]2N(C)C1. The van der Waals surface area contributed by atoms with Gasteiger partial charge in [-0.05, 0) is 43.0 Å². The van der Waals surface area contributed by atoms with Crippen LogP contribution in [0.4, 0.5) is 4.79 Å². The number of aromatic amines is 1. The van der Waals surface area contributed by atoms with Crippen molar-refractivity contribution < 1.29 is 9.53 Å². The number of rotatable bonds is 3. The Morgan fingerprint density at radius 2 is 2.40 bits per heavy atom. The number of aromatic nitrogens is 1. The molecular formula is C20H23N3O2. The monoisotopic (exact) mass is 337 g/mol. The van der Waals surface area contributed by atoms with Crippen molar-refractivity contribution in [3.63, 3.8) is 0 Å². The van der Waals surface area contributed by atoms with Gasteiger partial charge in [-0.3, -0.25) is 0 Å². The number of nitrogens with one attached hydrogen (secondary N) is 2. The highest BCUT2D eigenvalue weighted by atomic mass is 16.5. The second-order valence-corrected chi connectivity index (χ2v) is 7.16. The lowest BCUT2D eigenvalue weighted by molar-refractivity contribution is 0.107. The van der Waals surface area contributed by atoms with Crippen LogP contribution in [0.3, 0.4) is 0 Å². The van der Waals surface area contributed by atoms with E-state index in [1.165, 1.54) is 22.0 Å². The number of carbonyl (C=O) groups is 1. The third-order valence-electron chi connectivity index (χ3n) is 5.63. The Bertz CT molecular complexity index is 835. The average Bonchev–Trinajstić information content (AvgIpc) is 3.03. The number of piperidine rings is 1. The van der Waals surface area contributed by atoms with Crippen LogP contribution in [0.2, 0.25) is 0 Å². The molecule has 1 aromatic carbocycles. The van der Waals surface area contributed by atoms with Gasteiger partial charge in [0.05, 0.1) is 0 Å². The Balaban J connectivity index is 1.51. The summed E-state index contributed by atoms with van der Waals surface area (Å²) in [4.78, 5) is 17.5. The topological polar surface area (TPSA) is 57.4 Å². The van der Waals surface area contributed by atoms with Crippen LogP contribution in [0.5, 0.6) is 0 Å². The fourth-order valence-corrected chi connectivity index (χ4v) is 4.59. The minimum atomic E-state index is -0.429. The summed E-state index contributed by atoms with van der Waals surface area (Å²) in [5.41, 5.74) is 4.09. The summed E-state index contributed by atoms with van der Waals surface area (Å²) in [5, 5.41) is 4.25. The number of benzene rings is 1. The molecule has 4 rings (SSSR count).